The summed E-state index contributed by atoms with van der Waals surface area (Å²) in [4.78, 5) is 25.8. The first kappa shape index (κ1) is 17.2. The predicted molar refractivity (Wildman–Crippen MR) is 82.3 cm³/mol. The summed E-state index contributed by atoms with van der Waals surface area (Å²) in [5, 5.41) is 0. The van der Waals surface area contributed by atoms with Crippen molar-refractivity contribution < 1.29 is 9.59 Å². The molecule has 0 aromatic rings. The first-order valence-electron chi connectivity index (χ1n) is 8.47. The molecule has 0 radical (unpaired) electrons. The Kier molecular flexibility index (Phi) is 7.86. The van der Waals surface area contributed by atoms with Crippen LogP contribution >= 0.6 is 0 Å². The maximum atomic E-state index is 12.2. The van der Waals surface area contributed by atoms with Crippen LogP contribution in [-0.2, 0) is 9.59 Å². The summed E-state index contributed by atoms with van der Waals surface area (Å²) in [6.07, 6.45) is 10.8. The molecule has 0 spiro atoms. The Morgan fingerprint density at radius 3 is 2.15 bits per heavy atom. The van der Waals surface area contributed by atoms with E-state index >= 15 is 0 Å². The summed E-state index contributed by atoms with van der Waals surface area (Å²) in [6.45, 7) is 6.25. The van der Waals surface area contributed by atoms with Crippen LogP contribution in [0.5, 0.6) is 0 Å². The Hall–Kier alpha value is -0.860. The van der Waals surface area contributed by atoms with Crippen molar-refractivity contribution in [1.29, 1.82) is 0 Å². The fraction of sp³-hybridized carbons (Fsp3) is 0.882. The number of imide groups is 1. The minimum Gasteiger partial charge on any atom is -0.279 e. The molecule has 0 aromatic heterocycles. The molecule has 1 aliphatic rings. The van der Waals surface area contributed by atoms with Gasteiger partial charge in [0.1, 0.15) is 0 Å². The van der Waals surface area contributed by atoms with Crippen molar-refractivity contribution in [3.8, 4) is 0 Å². The van der Waals surface area contributed by atoms with E-state index in [0.717, 1.165) is 32.1 Å². The van der Waals surface area contributed by atoms with Crippen LogP contribution in [0, 0.1) is 5.92 Å². The number of rotatable bonds is 10. The summed E-state index contributed by atoms with van der Waals surface area (Å²) in [5.41, 5.74) is 0. The fourth-order valence-electron chi connectivity index (χ4n) is 3.02. The van der Waals surface area contributed by atoms with Crippen molar-refractivity contribution in [1.82, 2.24) is 4.90 Å². The zero-order valence-electron chi connectivity index (χ0n) is 13.5. The van der Waals surface area contributed by atoms with Crippen LogP contribution in [-0.4, -0.2) is 22.8 Å². The lowest BCUT2D eigenvalue weighted by atomic mass is 10.0. The molecule has 1 rings (SSSR count). The second kappa shape index (κ2) is 9.15. The molecule has 3 nitrogen and oxygen atoms in total. The lowest BCUT2D eigenvalue weighted by molar-refractivity contribution is -0.142. The third-order valence-corrected chi connectivity index (χ3v) is 4.31. The Morgan fingerprint density at radius 1 is 1.00 bits per heavy atom. The highest BCUT2D eigenvalue weighted by Crippen LogP contribution is 2.26. The largest absolute Gasteiger partial charge is 0.279 e. The lowest BCUT2D eigenvalue weighted by Gasteiger charge is -2.26. The molecular formula is C17H31NO2. The summed E-state index contributed by atoms with van der Waals surface area (Å²) in [5.74, 6) is 0.00791. The smallest absolute Gasteiger partial charge is 0.232 e. The van der Waals surface area contributed by atoms with E-state index in [2.05, 4.69) is 13.8 Å². The van der Waals surface area contributed by atoms with Gasteiger partial charge >= 0.3 is 0 Å². The number of nitrogens with zero attached hydrogens (tertiary/aromatic N) is 1. The second-order valence-electron chi connectivity index (χ2n) is 6.21. The zero-order valence-corrected chi connectivity index (χ0v) is 13.5. The number of amides is 2. The van der Waals surface area contributed by atoms with Gasteiger partial charge in [0.2, 0.25) is 11.8 Å². The highest BCUT2D eigenvalue weighted by molar-refractivity contribution is 6.03. The third-order valence-electron chi connectivity index (χ3n) is 4.31. The van der Waals surface area contributed by atoms with Crippen molar-refractivity contribution >= 4 is 11.8 Å². The van der Waals surface area contributed by atoms with Gasteiger partial charge in [0.15, 0.2) is 0 Å². The first-order chi connectivity index (χ1) is 9.61. The Labute approximate surface area is 124 Å². The van der Waals surface area contributed by atoms with E-state index in [-0.39, 0.29) is 23.8 Å². The lowest BCUT2D eigenvalue weighted by Crippen LogP contribution is -2.40. The number of carbonyl (C=O) groups is 2. The summed E-state index contributed by atoms with van der Waals surface area (Å²) in [6, 6.07) is 0.154. The van der Waals surface area contributed by atoms with E-state index < -0.39 is 0 Å². The van der Waals surface area contributed by atoms with Gasteiger partial charge in [-0.05, 0) is 12.8 Å². The monoisotopic (exact) mass is 281 g/mol. The van der Waals surface area contributed by atoms with Crippen LogP contribution in [0.2, 0.25) is 0 Å². The van der Waals surface area contributed by atoms with Gasteiger partial charge in [-0.25, -0.2) is 0 Å². The molecule has 0 bridgehead atoms. The molecule has 0 N–H and O–H groups in total. The van der Waals surface area contributed by atoms with Crippen molar-refractivity contribution in [2.45, 2.75) is 91.0 Å². The van der Waals surface area contributed by atoms with E-state index in [1.54, 1.807) is 4.90 Å². The predicted octanol–water partition coefficient (Wildman–Crippen LogP) is 4.30. The van der Waals surface area contributed by atoms with E-state index in [1.807, 2.05) is 6.92 Å². The number of carbonyl (C=O) groups excluding carboxylic acids is 2. The minimum atomic E-state index is -0.105. The quantitative estimate of drug-likeness (QED) is 0.442. The molecule has 0 saturated carbocycles. The van der Waals surface area contributed by atoms with Crippen LogP contribution in [0.25, 0.3) is 0 Å². The van der Waals surface area contributed by atoms with Gasteiger partial charge in [0.05, 0.1) is 0 Å². The van der Waals surface area contributed by atoms with Crippen molar-refractivity contribution in [2.24, 2.45) is 5.92 Å². The molecule has 1 saturated heterocycles. The summed E-state index contributed by atoms with van der Waals surface area (Å²) >= 11 is 0. The van der Waals surface area contributed by atoms with Crippen LogP contribution in [0.3, 0.4) is 0 Å². The van der Waals surface area contributed by atoms with E-state index in [0.29, 0.717) is 6.42 Å². The molecule has 2 unspecified atom stereocenters. The van der Waals surface area contributed by atoms with Gasteiger partial charge in [0.25, 0.3) is 0 Å². The van der Waals surface area contributed by atoms with Crippen LogP contribution in [0.4, 0.5) is 0 Å². The standard InChI is InChI=1S/C17H31NO2/c1-4-6-8-9-10-12-15(11-7-5-2)18-16(19)13-14(3)17(18)20/h14-15H,4-13H2,1-3H3. The molecule has 1 heterocycles. The molecule has 0 aliphatic carbocycles. The van der Waals surface area contributed by atoms with E-state index in [4.69, 9.17) is 0 Å². The highest BCUT2D eigenvalue weighted by atomic mass is 16.2. The number of likely N-dealkylation sites (tertiary alicyclic amines) is 1. The number of hydrogen-bond acceptors (Lipinski definition) is 2. The average molecular weight is 281 g/mol. The maximum absolute atomic E-state index is 12.2. The Balaban J connectivity index is 2.50. The van der Waals surface area contributed by atoms with Gasteiger partial charge in [-0.2, -0.15) is 0 Å². The van der Waals surface area contributed by atoms with Crippen LogP contribution in [0.1, 0.15) is 85.0 Å². The molecule has 2 atom stereocenters. The topological polar surface area (TPSA) is 37.4 Å². The molecule has 1 fully saturated rings. The second-order valence-corrected chi connectivity index (χ2v) is 6.21. The van der Waals surface area contributed by atoms with Gasteiger partial charge in [-0.1, -0.05) is 65.7 Å². The van der Waals surface area contributed by atoms with Crippen molar-refractivity contribution in [3.63, 3.8) is 0 Å². The highest BCUT2D eigenvalue weighted by Gasteiger charge is 2.39. The Bertz CT molecular complexity index is 314. The van der Waals surface area contributed by atoms with Crippen LogP contribution < -0.4 is 0 Å². The molecule has 0 aromatic carbocycles. The molecule has 20 heavy (non-hydrogen) atoms. The normalized spacial score (nSPS) is 20.8. The van der Waals surface area contributed by atoms with Crippen molar-refractivity contribution in [2.75, 3.05) is 0 Å². The Morgan fingerprint density at radius 2 is 1.60 bits per heavy atom. The number of hydrogen-bond donors (Lipinski definition) is 0. The zero-order chi connectivity index (χ0) is 15.0. The van der Waals surface area contributed by atoms with Gasteiger partial charge < -0.3 is 0 Å². The molecule has 1 aliphatic heterocycles. The third kappa shape index (κ3) is 4.92. The maximum Gasteiger partial charge on any atom is 0.232 e. The molecule has 3 heteroatoms. The SMILES string of the molecule is CCCCCCCC(CCCC)N1C(=O)CC(C)C1=O. The van der Waals surface area contributed by atoms with E-state index in [9.17, 15) is 9.59 Å². The minimum absolute atomic E-state index is 0.0529. The van der Waals surface area contributed by atoms with Gasteiger partial charge in [0, 0.05) is 18.4 Å². The fourth-order valence-corrected chi connectivity index (χ4v) is 3.02. The van der Waals surface area contributed by atoms with Gasteiger partial charge in [-0.3, -0.25) is 14.5 Å². The number of unbranched alkanes of at least 4 members (excludes halogenated alkanes) is 5. The molecule has 2 amide bonds. The summed E-state index contributed by atoms with van der Waals surface area (Å²) < 4.78 is 0. The van der Waals surface area contributed by atoms with Crippen LogP contribution in [0.15, 0.2) is 0 Å². The molecular weight excluding hydrogens is 250 g/mol. The van der Waals surface area contributed by atoms with Crippen molar-refractivity contribution in [3.05, 3.63) is 0 Å². The van der Waals surface area contributed by atoms with Gasteiger partial charge in [-0.15, -0.1) is 0 Å². The average Bonchev–Trinajstić information content (AvgIpc) is 2.67. The van der Waals surface area contributed by atoms with E-state index in [1.165, 1.54) is 25.7 Å². The summed E-state index contributed by atoms with van der Waals surface area (Å²) in [7, 11) is 0. The molecule has 116 valence electrons. The first-order valence-corrected chi connectivity index (χ1v) is 8.47.